The molecule has 0 aliphatic heterocycles. The maximum absolute atomic E-state index is 9.52. The van der Waals surface area contributed by atoms with Crippen LogP contribution in [-0.2, 0) is 0 Å². The van der Waals surface area contributed by atoms with Crippen LogP contribution in [0.15, 0.2) is 42.5 Å². The first-order chi connectivity index (χ1) is 8.65. The zero-order valence-electron chi connectivity index (χ0n) is 9.96. The van der Waals surface area contributed by atoms with Gasteiger partial charge in [0.15, 0.2) is 0 Å². The number of nitrogen functional groups attached to an aromatic ring is 1. The average Bonchev–Trinajstić information content (AvgIpc) is 2.67. The van der Waals surface area contributed by atoms with E-state index >= 15 is 0 Å². The van der Waals surface area contributed by atoms with Gasteiger partial charge in [0.25, 0.3) is 0 Å². The fourth-order valence-corrected chi connectivity index (χ4v) is 2.11. The van der Waals surface area contributed by atoms with Gasteiger partial charge in [-0.2, -0.15) is 5.10 Å². The van der Waals surface area contributed by atoms with E-state index in [0.717, 1.165) is 22.3 Å². The Morgan fingerprint density at radius 1 is 1.17 bits per heavy atom. The molecule has 0 amide bonds. The molecule has 2 aromatic carbocycles. The molecule has 0 saturated heterocycles. The molecule has 0 atom stereocenters. The first-order valence-electron chi connectivity index (χ1n) is 5.69. The second kappa shape index (κ2) is 3.77. The number of anilines is 1. The summed E-state index contributed by atoms with van der Waals surface area (Å²) in [4.78, 5) is 0. The first-order valence-corrected chi connectivity index (χ1v) is 5.69. The lowest BCUT2D eigenvalue weighted by Crippen LogP contribution is -1.97. The smallest absolute Gasteiger partial charge is 0.116 e. The van der Waals surface area contributed by atoms with Gasteiger partial charge in [0.1, 0.15) is 5.75 Å². The van der Waals surface area contributed by atoms with Crippen LogP contribution in [0.25, 0.3) is 16.6 Å². The van der Waals surface area contributed by atoms with E-state index in [2.05, 4.69) is 5.10 Å². The second-order valence-electron chi connectivity index (χ2n) is 4.29. The summed E-state index contributed by atoms with van der Waals surface area (Å²) in [6.45, 7) is 1.92. The second-order valence-corrected chi connectivity index (χ2v) is 4.29. The number of hydrogen-bond donors (Lipinski definition) is 2. The minimum Gasteiger partial charge on any atom is -0.508 e. The lowest BCUT2D eigenvalue weighted by molar-refractivity contribution is 0.476. The number of hydrogen-bond acceptors (Lipinski definition) is 3. The Balaban J connectivity index is 2.30. The highest BCUT2D eigenvalue weighted by molar-refractivity contribution is 5.84. The summed E-state index contributed by atoms with van der Waals surface area (Å²) in [6.07, 6.45) is 0. The molecule has 0 spiro atoms. The van der Waals surface area contributed by atoms with Gasteiger partial charge in [-0.1, -0.05) is 6.07 Å². The topological polar surface area (TPSA) is 64.1 Å². The molecular weight excluding hydrogens is 226 g/mol. The van der Waals surface area contributed by atoms with Crippen molar-refractivity contribution in [3.8, 4) is 11.4 Å². The molecule has 0 radical (unpaired) electrons. The lowest BCUT2D eigenvalue weighted by Gasteiger charge is -2.04. The normalized spacial score (nSPS) is 10.9. The fourth-order valence-electron chi connectivity index (χ4n) is 2.11. The highest BCUT2D eigenvalue weighted by Crippen LogP contribution is 2.25. The zero-order chi connectivity index (χ0) is 12.7. The highest BCUT2D eigenvalue weighted by Gasteiger charge is 2.09. The van der Waals surface area contributed by atoms with E-state index in [-0.39, 0.29) is 5.75 Å². The third-order valence-electron chi connectivity index (χ3n) is 2.96. The van der Waals surface area contributed by atoms with Gasteiger partial charge in [-0.3, -0.25) is 0 Å². The average molecular weight is 239 g/mol. The van der Waals surface area contributed by atoms with Crippen molar-refractivity contribution < 1.29 is 5.11 Å². The van der Waals surface area contributed by atoms with Crippen LogP contribution in [0.1, 0.15) is 5.69 Å². The van der Waals surface area contributed by atoms with Crippen molar-refractivity contribution in [1.82, 2.24) is 9.78 Å². The van der Waals surface area contributed by atoms with Crippen molar-refractivity contribution in [2.75, 3.05) is 5.73 Å². The molecule has 1 aromatic heterocycles. The molecule has 0 unspecified atom stereocenters. The number of nitrogens with zero attached hydrogens (tertiary/aromatic N) is 2. The minimum atomic E-state index is 0.248. The monoisotopic (exact) mass is 239 g/mol. The molecule has 0 aliphatic carbocycles. The van der Waals surface area contributed by atoms with Crippen molar-refractivity contribution >= 4 is 16.6 Å². The van der Waals surface area contributed by atoms with Gasteiger partial charge in [0.05, 0.1) is 16.9 Å². The summed E-state index contributed by atoms with van der Waals surface area (Å²) in [5, 5.41) is 15.0. The van der Waals surface area contributed by atoms with E-state index in [9.17, 15) is 5.11 Å². The highest BCUT2D eigenvalue weighted by atomic mass is 16.3. The lowest BCUT2D eigenvalue weighted by atomic mass is 10.2. The summed E-state index contributed by atoms with van der Waals surface area (Å²) in [6, 6.07) is 12.8. The summed E-state index contributed by atoms with van der Waals surface area (Å²) < 4.78 is 1.83. The number of benzene rings is 2. The maximum Gasteiger partial charge on any atom is 0.116 e. The Hall–Kier alpha value is -2.49. The Morgan fingerprint density at radius 2 is 2.00 bits per heavy atom. The predicted molar refractivity (Wildman–Crippen MR) is 71.9 cm³/mol. The number of phenolic OH excluding ortho intramolecular Hbond substituents is 1. The van der Waals surface area contributed by atoms with E-state index in [1.54, 1.807) is 12.1 Å². The van der Waals surface area contributed by atoms with E-state index < -0.39 is 0 Å². The number of aromatic nitrogens is 2. The molecule has 0 fully saturated rings. The van der Waals surface area contributed by atoms with E-state index in [0.29, 0.717) is 5.69 Å². The number of fused-ring (bicyclic) bond motifs is 1. The molecule has 0 saturated carbocycles. The number of aryl methyl sites for hydroxylation is 1. The van der Waals surface area contributed by atoms with Crippen LogP contribution in [0, 0.1) is 6.92 Å². The van der Waals surface area contributed by atoms with Crippen LogP contribution in [0.2, 0.25) is 0 Å². The van der Waals surface area contributed by atoms with Crippen LogP contribution >= 0.6 is 0 Å². The van der Waals surface area contributed by atoms with E-state index in [4.69, 9.17) is 5.73 Å². The Bertz CT molecular complexity index is 731. The molecule has 90 valence electrons. The molecule has 0 aliphatic rings. The third-order valence-corrected chi connectivity index (χ3v) is 2.96. The quantitative estimate of drug-likeness (QED) is 0.641. The molecule has 18 heavy (non-hydrogen) atoms. The molecule has 3 N–H and O–H groups in total. The Kier molecular flexibility index (Phi) is 2.23. The minimum absolute atomic E-state index is 0.248. The van der Waals surface area contributed by atoms with Crippen molar-refractivity contribution in [2.45, 2.75) is 6.92 Å². The Morgan fingerprint density at radius 3 is 2.78 bits per heavy atom. The van der Waals surface area contributed by atoms with Crippen molar-refractivity contribution in [3.63, 3.8) is 0 Å². The summed E-state index contributed by atoms with van der Waals surface area (Å²) in [5.74, 6) is 0.248. The molecule has 4 nitrogen and oxygen atoms in total. The van der Waals surface area contributed by atoms with Crippen molar-refractivity contribution in [1.29, 1.82) is 0 Å². The SMILES string of the molecule is Cc1nn(-c2cccc(N)c2)c2ccc(O)cc12. The van der Waals surface area contributed by atoms with Crippen LogP contribution in [0.5, 0.6) is 5.75 Å². The number of rotatable bonds is 1. The van der Waals surface area contributed by atoms with Gasteiger partial charge < -0.3 is 10.8 Å². The molecule has 3 rings (SSSR count). The van der Waals surface area contributed by atoms with Gasteiger partial charge in [0.2, 0.25) is 0 Å². The molecule has 1 heterocycles. The van der Waals surface area contributed by atoms with E-state index in [1.807, 2.05) is 41.9 Å². The maximum atomic E-state index is 9.52. The number of aromatic hydroxyl groups is 1. The van der Waals surface area contributed by atoms with Gasteiger partial charge in [-0.05, 0) is 43.3 Å². The van der Waals surface area contributed by atoms with E-state index in [1.165, 1.54) is 0 Å². The first kappa shape index (κ1) is 10.7. The summed E-state index contributed by atoms with van der Waals surface area (Å²) >= 11 is 0. The molecule has 3 aromatic rings. The van der Waals surface area contributed by atoms with Gasteiger partial charge >= 0.3 is 0 Å². The van der Waals surface area contributed by atoms with Gasteiger partial charge in [-0.25, -0.2) is 4.68 Å². The Labute approximate surface area is 104 Å². The van der Waals surface area contributed by atoms with Crippen molar-refractivity contribution in [2.24, 2.45) is 0 Å². The summed E-state index contributed by atoms with van der Waals surface area (Å²) in [7, 11) is 0. The zero-order valence-corrected chi connectivity index (χ0v) is 9.96. The molecule has 4 heteroatoms. The predicted octanol–water partition coefficient (Wildman–Crippen LogP) is 2.62. The van der Waals surface area contributed by atoms with Crippen LogP contribution in [0.4, 0.5) is 5.69 Å². The number of phenols is 1. The van der Waals surface area contributed by atoms with Crippen LogP contribution in [-0.4, -0.2) is 14.9 Å². The number of nitrogens with two attached hydrogens (primary N) is 1. The molecule has 0 bridgehead atoms. The standard InChI is InChI=1S/C14H13N3O/c1-9-13-8-12(18)5-6-14(13)17(16-9)11-4-2-3-10(15)7-11/h2-8,18H,15H2,1H3. The van der Waals surface area contributed by atoms with Crippen LogP contribution in [0.3, 0.4) is 0 Å². The fraction of sp³-hybridized carbons (Fsp3) is 0.0714. The van der Waals surface area contributed by atoms with Crippen LogP contribution < -0.4 is 5.73 Å². The van der Waals surface area contributed by atoms with Gasteiger partial charge in [-0.15, -0.1) is 0 Å². The largest absolute Gasteiger partial charge is 0.508 e. The van der Waals surface area contributed by atoms with Gasteiger partial charge in [0, 0.05) is 11.1 Å². The van der Waals surface area contributed by atoms with Crippen molar-refractivity contribution in [3.05, 3.63) is 48.2 Å². The summed E-state index contributed by atoms with van der Waals surface area (Å²) in [5.41, 5.74) is 9.24. The third kappa shape index (κ3) is 1.59. The molecular formula is C14H13N3O.